The van der Waals surface area contributed by atoms with Gasteiger partial charge in [0.1, 0.15) is 0 Å². The molecule has 1 heteroatoms. The molecule has 8 heavy (non-hydrogen) atoms. The van der Waals surface area contributed by atoms with Crippen molar-refractivity contribution >= 4 is 21.1 Å². The summed E-state index contributed by atoms with van der Waals surface area (Å²) >= 11 is -0.498. The molecule has 0 nitrogen and oxygen atoms in total. The average Bonchev–Trinajstić information content (AvgIpc) is 1.81. The van der Waals surface area contributed by atoms with Gasteiger partial charge in [-0.2, -0.15) is 0 Å². The Bertz CT molecular complexity index is 86.3. The average molecular weight is 217 g/mol. The molecular weight excluding hydrogens is 203 g/mol. The molecule has 0 aliphatic rings. The van der Waals surface area contributed by atoms with Crippen LogP contribution in [0.15, 0.2) is 0 Å². The van der Waals surface area contributed by atoms with E-state index in [1.54, 1.807) is 0 Å². The van der Waals surface area contributed by atoms with Crippen molar-refractivity contribution in [1.82, 2.24) is 0 Å². The molecule has 0 bridgehead atoms. The Morgan fingerprint density at radius 3 is 2.75 bits per heavy atom. The summed E-state index contributed by atoms with van der Waals surface area (Å²) in [5.74, 6) is 2.97. The third-order valence-electron chi connectivity index (χ3n) is 1.08. The summed E-state index contributed by atoms with van der Waals surface area (Å²) in [5.41, 5.74) is 0. The van der Waals surface area contributed by atoms with Crippen LogP contribution in [-0.4, -0.2) is 21.1 Å². The predicted molar refractivity (Wildman–Crippen MR) is 41.7 cm³/mol. The zero-order valence-electron chi connectivity index (χ0n) is 5.83. The van der Waals surface area contributed by atoms with Crippen LogP contribution in [0.5, 0.6) is 0 Å². The monoisotopic (exact) mass is 218 g/mol. The Balaban J connectivity index is 2.79. The van der Waals surface area contributed by atoms with Crippen LogP contribution in [0.2, 0.25) is 4.44 Å². The molecule has 46 valence electrons. The predicted octanol–water partition coefficient (Wildman–Crippen LogP) is 1.35. The van der Waals surface area contributed by atoms with Crippen molar-refractivity contribution in [2.45, 2.75) is 31.1 Å². The van der Waals surface area contributed by atoms with Gasteiger partial charge in [0.05, 0.1) is 0 Å². The van der Waals surface area contributed by atoms with Crippen LogP contribution in [-0.2, 0) is 0 Å². The molecule has 0 fully saturated rings. The number of hydrogen-bond acceptors (Lipinski definition) is 0. The third kappa shape index (κ3) is 6.36. The molecule has 0 heterocycles. The van der Waals surface area contributed by atoms with E-state index >= 15 is 0 Å². The Morgan fingerprint density at radius 1 is 1.50 bits per heavy atom. The molecule has 0 amide bonds. The quantitative estimate of drug-likeness (QED) is 0.380. The van der Waals surface area contributed by atoms with E-state index in [1.807, 2.05) is 6.92 Å². The van der Waals surface area contributed by atoms with Gasteiger partial charge in [0.15, 0.2) is 0 Å². The van der Waals surface area contributed by atoms with E-state index in [-0.39, 0.29) is 0 Å². The van der Waals surface area contributed by atoms with Gasteiger partial charge in [-0.3, -0.25) is 0 Å². The van der Waals surface area contributed by atoms with Crippen molar-refractivity contribution < 1.29 is 0 Å². The normalized spacial score (nSPS) is 9.25. The van der Waals surface area contributed by atoms with Gasteiger partial charge in [-0.05, 0) is 0 Å². The summed E-state index contributed by atoms with van der Waals surface area (Å²) in [6.45, 7) is 4.19. The van der Waals surface area contributed by atoms with Crippen LogP contribution in [0, 0.1) is 9.86 Å². The van der Waals surface area contributed by atoms with Gasteiger partial charge in [-0.25, -0.2) is 0 Å². The molecule has 0 saturated heterocycles. The second-order valence-corrected chi connectivity index (χ2v) is 6.34. The fourth-order valence-corrected chi connectivity index (χ4v) is 3.95. The molecule has 0 saturated carbocycles. The van der Waals surface area contributed by atoms with Crippen LogP contribution in [0.25, 0.3) is 0 Å². The van der Waals surface area contributed by atoms with Crippen molar-refractivity contribution in [3.63, 3.8) is 0 Å². The van der Waals surface area contributed by atoms with Gasteiger partial charge < -0.3 is 0 Å². The molecule has 0 aliphatic carbocycles. The van der Waals surface area contributed by atoms with Gasteiger partial charge in [0.25, 0.3) is 0 Å². The van der Waals surface area contributed by atoms with E-state index in [9.17, 15) is 0 Å². The summed E-state index contributed by atoms with van der Waals surface area (Å²) < 4.78 is 4.73. The summed E-state index contributed by atoms with van der Waals surface area (Å²) in [7, 11) is 0. The summed E-state index contributed by atoms with van der Waals surface area (Å²) in [5, 5.41) is 0. The van der Waals surface area contributed by atoms with Crippen molar-refractivity contribution in [3.8, 4) is 9.86 Å². The Labute approximate surface area is 62.3 Å². The molecule has 0 spiro atoms. The first-order valence-electron chi connectivity index (χ1n) is 3.31. The van der Waals surface area contributed by atoms with E-state index in [2.05, 4.69) is 16.8 Å². The maximum atomic E-state index is 3.24. The fraction of sp³-hybridized carbons (Fsp3) is 0.714. The first kappa shape index (κ1) is 8.36. The third-order valence-corrected chi connectivity index (χ3v) is 5.24. The molecule has 0 N–H and O–H groups in total. The van der Waals surface area contributed by atoms with Gasteiger partial charge in [-0.1, -0.05) is 0 Å². The van der Waals surface area contributed by atoms with Gasteiger partial charge in [0.2, 0.25) is 0 Å². The number of rotatable bonds is 3. The zero-order valence-corrected chi connectivity index (χ0v) is 9.86. The Kier molecular flexibility index (Phi) is 7.69. The Hall–Kier alpha value is 0.359. The van der Waals surface area contributed by atoms with Crippen LogP contribution in [0.1, 0.15) is 26.7 Å². The van der Waals surface area contributed by atoms with E-state index in [4.69, 9.17) is 0 Å². The first-order chi connectivity index (χ1) is 3.91. The zero-order chi connectivity index (χ0) is 6.24. The van der Waals surface area contributed by atoms with Crippen LogP contribution >= 0.6 is 0 Å². The second-order valence-electron chi connectivity index (χ2n) is 1.88. The van der Waals surface area contributed by atoms with Crippen molar-refractivity contribution in [1.29, 1.82) is 0 Å². The maximum absolute atomic E-state index is 3.24. The minimum absolute atomic E-state index is 0.498. The molecule has 0 aromatic rings. The summed E-state index contributed by atoms with van der Waals surface area (Å²) in [6, 6.07) is 0. The molecule has 0 unspecified atom stereocenters. The second kappa shape index (κ2) is 7.36. The molecule has 0 aromatic heterocycles. The Morgan fingerprint density at radius 2 is 2.25 bits per heavy atom. The summed E-state index contributed by atoms with van der Waals surface area (Å²) in [4.78, 5) is 0. The molecular formula is C7H14Sn. The number of unbranched alkanes of at least 4 members (excludes halogenated alkanes) is 1. The number of hydrogen-bond donors (Lipinski definition) is 0. The van der Waals surface area contributed by atoms with E-state index < -0.39 is 21.1 Å². The SMILES string of the molecule is CC#[C][SnH2][CH2]CCC. The fourth-order valence-electron chi connectivity index (χ4n) is 0.588. The minimum atomic E-state index is -0.498. The van der Waals surface area contributed by atoms with Crippen molar-refractivity contribution in [2.75, 3.05) is 0 Å². The van der Waals surface area contributed by atoms with Crippen molar-refractivity contribution in [3.05, 3.63) is 0 Å². The standard InChI is InChI=1S/C4H9.C3H3.Sn.2H/c1-3-4-2;1-3-2;;;/h1,3-4H2,2H3;1H3;;;. The topological polar surface area (TPSA) is 0 Å². The van der Waals surface area contributed by atoms with Crippen LogP contribution in [0.4, 0.5) is 0 Å². The van der Waals surface area contributed by atoms with E-state index in [0.717, 1.165) is 0 Å². The molecule has 0 rings (SSSR count). The molecule has 0 radical (unpaired) electrons. The van der Waals surface area contributed by atoms with Gasteiger partial charge in [-0.15, -0.1) is 0 Å². The van der Waals surface area contributed by atoms with Gasteiger partial charge in [0, 0.05) is 0 Å². The van der Waals surface area contributed by atoms with E-state index in [1.165, 1.54) is 17.3 Å². The van der Waals surface area contributed by atoms with Gasteiger partial charge >= 0.3 is 62.1 Å². The molecule has 0 atom stereocenters. The van der Waals surface area contributed by atoms with E-state index in [0.29, 0.717) is 0 Å². The summed E-state index contributed by atoms with van der Waals surface area (Å²) in [6.07, 6.45) is 2.77. The van der Waals surface area contributed by atoms with Crippen LogP contribution in [0.3, 0.4) is 0 Å². The van der Waals surface area contributed by atoms with Crippen molar-refractivity contribution in [2.24, 2.45) is 0 Å². The molecule has 0 aliphatic heterocycles. The molecule has 0 aromatic carbocycles. The first-order valence-corrected chi connectivity index (χ1v) is 8.18. The van der Waals surface area contributed by atoms with Crippen LogP contribution < -0.4 is 0 Å².